The monoisotopic (exact) mass is 334 g/mol. The Bertz CT molecular complexity index is 957. The van der Waals surface area contributed by atoms with Gasteiger partial charge < -0.3 is 9.88 Å². The van der Waals surface area contributed by atoms with Gasteiger partial charge in [0.15, 0.2) is 11.3 Å². The molecule has 128 valence electrons. The van der Waals surface area contributed by atoms with E-state index in [0.29, 0.717) is 17.8 Å². The maximum Gasteiger partial charge on any atom is 0.156 e. The van der Waals surface area contributed by atoms with E-state index in [4.69, 9.17) is 5.26 Å². The first-order valence-corrected chi connectivity index (χ1v) is 9.14. The Morgan fingerprint density at radius 3 is 3.00 bits per heavy atom. The van der Waals surface area contributed by atoms with Crippen molar-refractivity contribution in [2.45, 2.75) is 25.7 Å². The summed E-state index contributed by atoms with van der Waals surface area (Å²) in [4.78, 5) is 14.7. The average molecular weight is 334 g/mol. The van der Waals surface area contributed by atoms with E-state index >= 15 is 0 Å². The number of rotatable bonds is 3. The van der Waals surface area contributed by atoms with E-state index < -0.39 is 0 Å². The Morgan fingerprint density at radius 2 is 2.16 bits per heavy atom. The molecule has 1 saturated carbocycles. The Hall–Kier alpha value is -2.39. The van der Waals surface area contributed by atoms with Crippen LogP contribution in [0.4, 0.5) is 0 Å². The van der Waals surface area contributed by atoms with E-state index in [1.165, 1.54) is 18.5 Å². The molecule has 3 atom stereocenters. The second-order valence-electron chi connectivity index (χ2n) is 7.81. The molecule has 5 rings (SSSR count). The number of H-pyrrole nitrogens is 1. The first-order chi connectivity index (χ1) is 12.2. The van der Waals surface area contributed by atoms with Crippen LogP contribution in [0.25, 0.3) is 16.8 Å². The van der Waals surface area contributed by atoms with Crippen molar-refractivity contribution in [2.75, 3.05) is 19.6 Å². The normalized spacial score (nSPS) is 27.8. The SMILES string of the molecule is C[C@@H]1C[C@@H](CN2CC(C#N)C2)C[C@@H]1c1cnc2cnc3[nH]ccc3n12. The number of aromatic amines is 1. The van der Waals surface area contributed by atoms with Crippen LogP contribution in [0.15, 0.2) is 24.7 Å². The van der Waals surface area contributed by atoms with Gasteiger partial charge in [-0.15, -0.1) is 0 Å². The lowest BCUT2D eigenvalue weighted by atomic mass is 9.95. The van der Waals surface area contributed by atoms with E-state index in [0.717, 1.165) is 36.4 Å². The summed E-state index contributed by atoms with van der Waals surface area (Å²) in [5.74, 6) is 2.16. The highest BCUT2D eigenvalue weighted by Crippen LogP contribution is 2.44. The third kappa shape index (κ3) is 2.34. The van der Waals surface area contributed by atoms with Gasteiger partial charge in [-0.2, -0.15) is 5.26 Å². The lowest BCUT2D eigenvalue weighted by Gasteiger charge is -2.37. The number of fused-ring (bicyclic) bond motifs is 3. The number of hydrogen-bond acceptors (Lipinski definition) is 4. The van der Waals surface area contributed by atoms with Crippen molar-refractivity contribution in [3.05, 3.63) is 30.4 Å². The minimum absolute atomic E-state index is 0.253. The van der Waals surface area contributed by atoms with Crippen molar-refractivity contribution in [2.24, 2.45) is 17.8 Å². The highest BCUT2D eigenvalue weighted by molar-refractivity contribution is 5.74. The minimum atomic E-state index is 0.253. The van der Waals surface area contributed by atoms with Crippen molar-refractivity contribution >= 4 is 16.8 Å². The van der Waals surface area contributed by atoms with Gasteiger partial charge in [0.05, 0.1) is 23.7 Å². The maximum absolute atomic E-state index is 8.95. The molecule has 1 aliphatic carbocycles. The summed E-state index contributed by atoms with van der Waals surface area (Å²) in [5.41, 5.74) is 4.27. The molecular formula is C19H22N6. The summed E-state index contributed by atoms with van der Waals surface area (Å²) in [7, 11) is 0. The predicted octanol–water partition coefficient (Wildman–Crippen LogP) is 2.80. The topological polar surface area (TPSA) is 73.0 Å². The highest BCUT2D eigenvalue weighted by Gasteiger charge is 2.37. The molecule has 25 heavy (non-hydrogen) atoms. The molecule has 4 heterocycles. The van der Waals surface area contributed by atoms with E-state index in [1.807, 2.05) is 18.6 Å². The van der Waals surface area contributed by atoms with Gasteiger partial charge >= 0.3 is 0 Å². The maximum atomic E-state index is 8.95. The molecule has 3 aromatic heterocycles. The van der Waals surface area contributed by atoms with Crippen LogP contribution in [0.3, 0.4) is 0 Å². The van der Waals surface area contributed by atoms with Crippen molar-refractivity contribution in [1.29, 1.82) is 5.26 Å². The van der Waals surface area contributed by atoms with Crippen LogP contribution in [-0.4, -0.2) is 43.9 Å². The standard InChI is InChI=1S/C19H22N6/c1-12-4-13(9-24-10-14(6-20)11-24)5-15(12)17-7-22-18-8-23-19-16(25(17)18)2-3-21-19/h2-3,7-8,12-15,21H,4-5,9-11H2,1H3/t12-,13-,15+/m1/s1. The fourth-order valence-corrected chi connectivity index (χ4v) is 4.86. The molecule has 0 bridgehead atoms. The molecule has 0 amide bonds. The van der Waals surface area contributed by atoms with Gasteiger partial charge in [0, 0.05) is 43.6 Å². The van der Waals surface area contributed by atoms with Gasteiger partial charge in [-0.25, -0.2) is 9.97 Å². The van der Waals surface area contributed by atoms with Gasteiger partial charge in [-0.1, -0.05) is 6.92 Å². The lowest BCUT2D eigenvalue weighted by Crippen LogP contribution is -2.47. The summed E-state index contributed by atoms with van der Waals surface area (Å²) in [6.45, 7) is 5.42. The largest absolute Gasteiger partial charge is 0.345 e. The summed E-state index contributed by atoms with van der Waals surface area (Å²) in [6.07, 6.45) is 8.30. The summed E-state index contributed by atoms with van der Waals surface area (Å²) in [6, 6.07) is 4.45. The number of likely N-dealkylation sites (tertiary alicyclic amines) is 1. The van der Waals surface area contributed by atoms with Gasteiger partial charge in [0.2, 0.25) is 0 Å². The van der Waals surface area contributed by atoms with Crippen molar-refractivity contribution in [3.8, 4) is 6.07 Å². The number of nitriles is 1. The molecule has 1 N–H and O–H groups in total. The molecule has 3 aromatic rings. The minimum Gasteiger partial charge on any atom is -0.345 e. The fourth-order valence-electron chi connectivity index (χ4n) is 4.86. The molecule has 0 spiro atoms. The van der Waals surface area contributed by atoms with Crippen LogP contribution in [-0.2, 0) is 0 Å². The number of aromatic nitrogens is 4. The lowest BCUT2D eigenvalue weighted by molar-refractivity contribution is 0.112. The number of nitrogens with one attached hydrogen (secondary N) is 1. The molecular weight excluding hydrogens is 312 g/mol. The fraction of sp³-hybridized carbons (Fsp3) is 0.526. The van der Waals surface area contributed by atoms with Gasteiger partial charge in [-0.3, -0.25) is 4.40 Å². The van der Waals surface area contributed by atoms with Crippen LogP contribution >= 0.6 is 0 Å². The zero-order chi connectivity index (χ0) is 17.0. The van der Waals surface area contributed by atoms with E-state index in [2.05, 4.69) is 43.3 Å². The van der Waals surface area contributed by atoms with Gasteiger partial charge in [0.25, 0.3) is 0 Å². The first-order valence-electron chi connectivity index (χ1n) is 9.14. The van der Waals surface area contributed by atoms with E-state index in [9.17, 15) is 0 Å². The van der Waals surface area contributed by atoms with E-state index in [-0.39, 0.29) is 5.92 Å². The summed E-state index contributed by atoms with van der Waals surface area (Å²) < 4.78 is 2.28. The highest BCUT2D eigenvalue weighted by atomic mass is 15.2. The summed E-state index contributed by atoms with van der Waals surface area (Å²) in [5, 5.41) is 8.95. The second kappa shape index (κ2) is 5.57. The first kappa shape index (κ1) is 14.9. The Morgan fingerprint density at radius 1 is 1.28 bits per heavy atom. The zero-order valence-electron chi connectivity index (χ0n) is 14.4. The molecule has 0 unspecified atom stereocenters. The molecule has 0 aromatic carbocycles. The van der Waals surface area contributed by atoms with E-state index in [1.54, 1.807) is 0 Å². The van der Waals surface area contributed by atoms with Crippen molar-refractivity contribution < 1.29 is 0 Å². The van der Waals surface area contributed by atoms with Crippen LogP contribution in [0, 0.1) is 29.1 Å². The number of nitrogens with zero attached hydrogens (tertiary/aromatic N) is 5. The molecule has 2 fully saturated rings. The third-order valence-corrected chi connectivity index (χ3v) is 6.09. The van der Waals surface area contributed by atoms with Crippen molar-refractivity contribution in [3.63, 3.8) is 0 Å². The Kier molecular flexibility index (Phi) is 3.32. The molecule has 6 heteroatoms. The average Bonchev–Trinajstić information content (AvgIpc) is 3.26. The molecule has 6 nitrogen and oxygen atoms in total. The molecule has 0 radical (unpaired) electrons. The number of hydrogen-bond donors (Lipinski definition) is 1. The smallest absolute Gasteiger partial charge is 0.156 e. The second-order valence-corrected chi connectivity index (χ2v) is 7.81. The molecule has 2 aliphatic rings. The van der Waals surface area contributed by atoms with Crippen LogP contribution in [0.1, 0.15) is 31.4 Å². The Labute approximate surface area is 146 Å². The third-order valence-electron chi connectivity index (χ3n) is 6.09. The van der Waals surface area contributed by atoms with Crippen LogP contribution < -0.4 is 0 Å². The van der Waals surface area contributed by atoms with Gasteiger partial charge in [-0.05, 0) is 30.7 Å². The van der Waals surface area contributed by atoms with Crippen molar-refractivity contribution in [1.82, 2.24) is 24.3 Å². The predicted molar refractivity (Wildman–Crippen MR) is 95.0 cm³/mol. The Balaban J connectivity index is 1.41. The van der Waals surface area contributed by atoms with Gasteiger partial charge in [0.1, 0.15) is 0 Å². The molecule has 1 aliphatic heterocycles. The summed E-state index contributed by atoms with van der Waals surface area (Å²) >= 11 is 0. The van der Waals surface area contributed by atoms with Crippen LogP contribution in [0.5, 0.6) is 0 Å². The molecule has 1 saturated heterocycles. The van der Waals surface area contributed by atoms with Crippen LogP contribution in [0.2, 0.25) is 0 Å². The number of imidazole rings is 1. The zero-order valence-corrected chi connectivity index (χ0v) is 14.4. The quantitative estimate of drug-likeness (QED) is 0.799.